The SMILES string of the molecule is COc1ccc(-c2cc(=[N+]3CCOCC3)c3cc(C)ccc3o2)cc1OC.[O-][Cl+3]([O-])([O-])[O-]. The van der Waals surface area contributed by atoms with Crippen LogP contribution >= 0.6 is 0 Å². The summed E-state index contributed by atoms with van der Waals surface area (Å²) in [5.74, 6) is 2.18. The van der Waals surface area contributed by atoms with Crippen molar-refractivity contribution in [3.05, 3.63) is 53.4 Å². The van der Waals surface area contributed by atoms with Gasteiger partial charge in [-0.15, -0.1) is 10.2 Å². The first-order valence-corrected chi connectivity index (χ1v) is 11.0. The van der Waals surface area contributed by atoms with Crippen molar-refractivity contribution < 1.29 is 47.5 Å². The van der Waals surface area contributed by atoms with E-state index in [4.69, 9.17) is 37.3 Å². The maximum Gasteiger partial charge on any atom is 0.214 e. The Balaban J connectivity index is 0.000000523. The van der Waals surface area contributed by atoms with Crippen molar-refractivity contribution in [3.8, 4) is 22.8 Å². The van der Waals surface area contributed by atoms with Crippen LogP contribution in [-0.4, -0.2) is 40.5 Å². The summed E-state index contributed by atoms with van der Waals surface area (Å²) in [6.45, 7) is 5.33. The van der Waals surface area contributed by atoms with E-state index in [-0.39, 0.29) is 0 Å². The molecule has 0 radical (unpaired) electrons. The molecule has 1 aliphatic rings. The number of ether oxygens (including phenoxy) is 3. The van der Waals surface area contributed by atoms with E-state index >= 15 is 0 Å². The van der Waals surface area contributed by atoms with Crippen LogP contribution in [0.1, 0.15) is 5.56 Å². The molecular formula is C22H24ClNO8. The van der Waals surface area contributed by atoms with E-state index in [9.17, 15) is 0 Å². The number of rotatable bonds is 3. The van der Waals surface area contributed by atoms with Crippen LogP contribution in [0.4, 0.5) is 0 Å². The fourth-order valence-corrected chi connectivity index (χ4v) is 3.48. The highest BCUT2D eigenvalue weighted by Crippen LogP contribution is 2.32. The van der Waals surface area contributed by atoms with Gasteiger partial charge < -0.3 is 18.6 Å². The summed E-state index contributed by atoms with van der Waals surface area (Å²) in [6.07, 6.45) is 0. The van der Waals surface area contributed by atoms with Gasteiger partial charge in [0, 0.05) is 5.56 Å². The Labute approximate surface area is 187 Å². The summed E-state index contributed by atoms with van der Waals surface area (Å²) >= 11 is 0. The van der Waals surface area contributed by atoms with Gasteiger partial charge in [-0.1, -0.05) is 11.6 Å². The average Bonchev–Trinajstić information content (AvgIpc) is 2.77. The molecule has 172 valence electrons. The van der Waals surface area contributed by atoms with Gasteiger partial charge in [0.05, 0.1) is 25.7 Å². The minimum absolute atomic E-state index is 0.683. The van der Waals surface area contributed by atoms with Crippen molar-refractivity contribution in [2.45, 2.75) is 6.92 Å². The van der Waals surface area contributed by atoms with Crippen LogP contribution < -0.4 is 38.0 Å². The van der Waals surface area contributed by atoms with Crippen molar-refractivity contribution >= 4 is 11.0 Å². The quantitative estimate of drug-likeness (QED) is 0.425. The molecule has 0 atom stereocenters. The van der Waals surface area contributed by atoms with Gasteiger partial charge in [0.1, 0.15) is 24.6 Å². The number of morpholine rings is 1. The van der Waals surface area contributed by atoms with E-state index in [0.717, 1.165) is 48.6 Å². The predicted octanol–water partition coefficient (Wildman–Crippen LogP) is -1.53. The molecule has 0 amide bonds. The molecule has 3 aromatic rings. The zero-order valence-corrected chi connectivity index (χ0v) is 18.7. The van der Waals surface area contributed by atoms with E-state index in [2.05, 4.69) is 29.7 Å². The monoisotopic (exact) mass is 465 g/mol. The molecule has 4 rings (SSSR count). The first-order valence-electron chi connectivity index (χ1n) is 9.74. The normalized spacial score (nSPS) is 14.0. The molecule has 0 unspecified atom stereocenters. The summed E-state index contributed by atoms with van der Waals surface area (Å²) in [6, 6.07) is 14.3. The highest BCUT2D eigenvalue weighted by atomic mass is 35.7. The lowest BCUT2D eigenvalue weighted by atomic mass is 10.1. The minimum atomic E-state index is -4.94. The van der Waals surface area contributed by atoms with Gasteiger partial charge in [0.15, 0.2) is 24.6 Å². The van der Waals surface area contributed by atoms with Crippen LogP contribution in [0, 0.1) is 17.2 Å². The standard InChI is InChI=1S/C22H24NO4.ClHO4/c1-15-4-6-19-17(12-15)18(23-8-10-26-11-9-23)14-21(27-19)16-5-7-20(24-2)22(13-16)25-3;2-1(3,4)5/h4-7,12-14H,8-11H2,1-3H3;(H,2,3,4,5)/q+1;/p-1. The third-order valence-corrected chi connectivity index (χ3v) is 4.92. The molecule has 0 aliphatic carbocycles. The van der Waals surface area contributed by atoms with Crippen molar-refractivity contribution in [2.75, 3.05) is 40.5 Å². The zero-order chi connectivity index (χ0) is 23.3. The van der Waals surface area contributed by atoms with Crippen molar-refractivity contribution in [1.82, 2.24) is 4.58 Å². The van der Waals surface area contributed by atoms with Gasteiger partial charge in [-0.3, -0.25) is 0 Å². The summed E-state index contributed by atoms with van der Waals surface area (Å²) < 4.78 is 58.9. The van der Waals surface area contributed by atoms with E-state index in [1.54, 1.807) is 14.2 Å². The Kier molecular flexibility index (Phi) is 7.73. The number of hydrogen-bond acceptors (Lipinski definition) is 8. The van der Waals surface area contributed by atoms with Crippen molar-refractivity contribution in [2.24, 2.45) is 0 Å². The maximum atomic E-state index is 8.49. The zero-order valence-electron chi connectivity index (χ0n) is 18.0. The molecule has 32 heavy (non-hydrogen) atoms. The Morgan fingerprint density at radius 2 is 1.53 bits per heavy atom. The molecule has 0 N–H and O–H groups in total. The summed E-state index contributed by atoms with van der Waals surface area (Å²) in [5.41, 5.74) is 3.03. The fraction of sp³-hybridized carbons (Fsp3) is 0.318. The minimum Gasteiger partial charge on any atom is -0.493 e. The molecule has 2 aromatic carbocycles. The number of benzene rings is 2. The smallest absolute Gasteiger partial charge is 0.214 e. The van der Waals surface area contributed by atoms with Gasteiger partial charge in [-0.25, -0.2) is 23.2 Å². The molecule has 1 aliphatic heterocycles. The number of halogens is 1. The average molecular weight is 466 g/mol. The third-order valence-electron chi connectivity index (χ3n) is 4.92. The lowest BCUT2D eigenvalue weighted by Crippen LogP contribution is -2.68. The fourth-order valence-electron chi connectivity index (χ4n) is 3.48. The summed E-state index contributed by atoms with van der Waals surface area (Å²) in [4.78, 5) is 0. The number of methoxy groups -OCH3 is 2. The van der Waals surface area contributed by atoms with E-state index in [1.807, 2.05) is 24.3 Å². The lowest BCUT2D eigenvalue weighted by molar-refractivity contribution is -2.00. The summed E-state index contributed by atoms with van der Waals surface area (Å²) in [7, 11) is -1.67. The van der Waals surface area contributed by atoms with Crippen LogP contribution in [0.25, 0.3) is 22.3 Å². The molecule has 1 aromatic heterocycles. The second kappa shape index (κ2) is 10.3. The maximum absolute atomic E-state index is 8.49. The van der Waals surface area contributed by atoms with Crippen molar-refractivity contribution in [3.63, 3.8) is 0 Å². The Morgan fingerprint density at radius 3 is 2.16 bits per heavy atom. The van der Waals surface area contributed by atoms with Gasteiger partial charge in [0.25, 0.3) is 0 Å². The van der Waals surface area contributed by atoms with Crippen LogP contribution in [0.15, 0.2) is 46.9 Å². The number of aryl methyl sites for hydroxylation is 1. The van der Waals surface area contributed by atoms with Crippen LogP contribution in [0.5, 0.6) is 11.5 Å². The first-order chi connectivity index (χ1) is 15.2. The molecule has 0 bridgehead atoms. The molecule has 2 heterocycles. The number of fused-ring (bicyclic) bond motifs is 1. The highest BCUT2D eigenvalue weighted by Gasteiger charge is 2.17. The van der Waals surface area contributed by atoms with Gasteiger partial charge >= 0.3 is 0 Å². The van der Waals surface area contributed by atoms with E-state index < -0.39 is 10.2 Å². The van der Waals surface area contributed by atoms with E-state index in [0.29, 0.717) is 11.5 Å². The first kappa shape index (κ1) is 24.0. The number of nitrogens with zero attached hydrogens (tertiary/aromatic N) is 1. The second-order valence-corrected chi connectivity index (χ2v) is 7.80. The molecule has 9 nitrogen and oxygen atoms in total. The molecule has 0 spiro atoms. The Morgan fingerprint density at radius 1 is 0.875 bits per heavy atom. The Hall–Kier alpha value is -2.66. The predicted molar refractivity (Wildman–Crippen MR) is 105 cm³/mol. The topological polar surface area (TPSA) is 136 Å². The van der Waals surface area contributed by atoms with Crippen LogP contribution in [0.3, 0.4) is 0 Å². The largest absolute Gasteiger partial charge is 0.493 e. The molecule has 1 fully saturated rings. The van der Waals surface area contributed by atoms with Gasteiger partial charge in [0.2, 0.25) is 5.36 Å². The highest BCUT2D eigenvalue weighted by molar-refractivity contribution is 5.79. The van der Waals surface area contributed by atoms with Gasteiger partial charge in [-0.2, -0.15) is 0 Å². The molecular weight excluding hydrogens is 442 g/mol. The van der Waals surface area contributed by atoms with E-state index in [1.165, 1.54) is 10.9 Å². The molecule has 0 saturated carbocycles. The molecule has 10 heteroatoms. The van der Waals surface area contributed by atoms with Crippen LogP contribution in [-0.2, 0) is 4.74 Å². The second-order valence-electron chi connectivity index (χ2n) is 7.04. The third kappa shape index (κ3) is 6.19. The van der Waals surface area contributed by atoms with Crippen molar-refractivity contribution in [1.29, 1.82) is 0 Å². The lowest BCUT2D eigenvalue weighted by Gasteiger charge is -2.17. The van der Waals surface area contributed by atoms with Gasteiger partial charge in [-0.05, 0) is 37.3 Å². The number of hydrogen-bond donors (Lipinski definition) is 0. The summed E-state index contributed by atoms with van der Waals surface area (Å²) in [5, 5.41) is 2.30. The Bertz CT molecular complexity index is 1140. The molecule has 1 saturated heterocycles. The van der Waals surface area contributed by atoms with Crippen LogP contribution in [0.2, 0.25) is 0 Å².